The Morgan fingerprint density at radius 3 is 2.63 bits per heavy atom. The zero-order valence-corrected chi connectivity index (χ0v) is 15.5. The largest absolute Gasteiger partial charge is 0.464 e. The molecule has 1 amide bonds. The molecule has 4 heterocycles. The van der Waals surface area contributed by atoms with Crippen molar-refractivity contribution in [1.82, 2.24) is 9.88 Å². The zero-order chi connectivity index (χ0) is 19.0. The molecular formula is C19H19N5O2S. The first-order valence-electron chi connectivity index (χ1n) is 8.86. The molecule has 1 aliphatic rings. The van der Waals surface area contributed by atoms with E-state index in [0.717, 1.165) is 38.8 Å². The molecule has 0 unspecified atom stereocenters. The quantitative estimate of drug-likeness (QED) is 0.699. The monoisotopic (exact) mass is 381 g/mol. The number of amides is 1. The van der Waals surface area contributed by atoms with Crippen LogP contribution in [0, 0.1) is 11.3 Å². The lowest BCUT2D eigenvalue weighted by molar-refractivity contribution is 0.0767. The molecule has 138 valence electrons. The van der Waals surface area contributed by atoms with Crippen LogP contribution in [-0.2, 0) is 0 Å². The summed E-state index contributed by atoms with van der Waals surface area (Å²) in [5, 5.41) is 10.1. The summed E-state index contributed by atoms with van der Waals surface area (Å²) in [7, 11) is 0. The normalized spacial score (nSPS) is 14.9. The number of hydrogen-bond donors (Lipinski definition) is 2. The van der Waals surface area contributed by atoms with E-state index in [9.17, 15) is 10.1 Å². The Balaban J connectivity index is 1.90. The summed E-state index contributed by atoms with van der Waals surface area (Å²) in [6.45, 7) is 1.47. The van der Waals surface area contributed by atoms with Crippen LogP contribution in [0.25, 0.3) is 21.5 Å². The number of hydrogen-bond acceptors (Lipinski definition) is 7. The number of nitrogens with zero attached hydrogens (tertiary/aromatic N) is 3. The van der Waals surface area contributed by atoms with Gasteiger partial charge in [0.2, 0.25) is 0 Å². The summed E-state index contributed by atoms with van der Waals surface area (Å²) in [5.74, 6) is 0.496. The van der Waals surface area contributed by atoms with E-state index in [1.54, 1.807) is 12.1 Å². The molecule has 4 rings (SSSR count). The molecule has 1 fully saturated rings. The minimum atomic E-state index is -0.0835. The van der Waals surface area contributed by atoms with Crippen LogP contribution in [0.1, 0.15) is 40.9 Å². The fourth-order valence-electron chi connectivity index (χ4n) is 3.53. The molecule has 0 spiro atoms. The highest BCUT2D eigenvalue weighted by molar-refractivity contribution is 7.21. The van der Waals surface area contributed by atoms with Gasteiger partial charge in [0.15, 0.2) is 0 Å². The summed E-state index contributed by atoms with van der Waals surface area (Å²) in [6, 6.07) is 5.55. The van der Waals surface area contributed by atoms with Crippen LogP contribution in [0.4, 0.5) is 11.5 Å². The van der Waals surface area contributed by atoms with Gasteiger partial charge in [0.25, 0.3) is 5.91 Å². The number of thiophene rings is 1. The molecule has 0 saturated carbocycles. The second-order valence-electron chi connectivity index (χ2n) is 6.57. The SMILES string of the molecule is N#Cc1c(N)nc2sc(C(=O)N3CCCCCC3)c(N)c2c1-c1ccco1. The van der Waals surface area contributed by atoms with Gasteiger partial charge in [-0.05, 0) is 25.0 Å². The van der Waals surface area contributed by atoms with E-state index in [4.69, 9.17) is 15.9 Å². The van der Waals surface area contributed by atoms with E-state index in [1.807, 2.05) is 4.90 Å². The number of pyridine rings is 1. The van der Waals surface area contributed by atoms with E-state index in [-0.39, 0.29) is 17.3 Å². The van der Waals surface area contributed by atoms with E-state index < -0.39 is 0 Å². The lowest BCUT2D eigenvalue weighted by Crippen LogP contribution is -2.31. The van der Waals surface area contributed by atoms with Crippen LogP contribution in [-0.4, -0.2) is 28.9 Å². The number of carbonyl (C=O) groups is 1. The standard InChI is InChI=1S/C19H19N5O2S/c20-10-11-13(12-6-5-9-26-12)14-15(21)16(27-18(14)23-17(11)22)19(25)24-7-3-1-2-4-8-24/h5-6,9H,1-4,7-8,21H2,(H2,22,23). The molecule has 0 aliphatic carbocycles. The number of aromatic nitrogens is 1. The van der Waals surface area contributed by atoms with E-state index >= 15 is 0 Å². The van der Waals surface area contributed by atoms with Gasteiger partial charge in [-0.15, -0.1) is 11.3 Å². The number of anilines is 2. The number of carbonyl (C=O) groups excluding carboxylic acids is 1. The Bertz CT molecular complexity index is 1040. The van der Waals surface area contributed by atoms with Crippen LogP contribution in [0.5, 0.6) is 0 Å². The second kappa shape index (κ2) is 6.93. The minimum absolute atomic E-state index is 0.0835. The first kappa shape index (κ1) is 17.4. The summed E-state index contributed by atoms with van der Waals surface area (Å²) >= 11 is 1.22. The molecule has 7 nitrogen and oxygen atoms in total. The molecule has 0 radical (unpaired) electrons. The highest BCUT2D eigenvalue weighted by atomic mass is 32.1. The van der Waals surface area contributed by atoms with Crippen LogP contribution in [0.15, 0.2) is 22.8 Å². The number of nitriles is 1. The summed E-state index contributed by atoms with van der Waals surface area (Å²) in [6.07, 6.45) is 5.79. The van der Waals surface area contributed by atoms with Gasteiger partial charge in [-0.1, -0.05) is 12.8 Å². The molecule has 3 aromatic rings. The van der Waals surface area contributed by atoms with Gasteiger partial charge in [0.1, 0.15) is 32.9 Å². The van der Waals surface area contributed by atoms with Crippen LogP contribution < -0.4 is 11.5 Å². The summed E-state index contributed by atoms with van der Waals surface area (Å²) in [4.78, 5) is 20.3. The number of nitrogen functional groups attached to an aromatic ring is 2. The summed E-state index contributed by atoms with van der Waals surface area (Å²) < 4.78 is 5.50. The number of fused-ring (bicyclic) bond motifs is 1. The van der Waals surface area contributed by atoms with Crippen molar-refractivity contribution < 1.29 is 9.21 Å². The van der Waals surface area contributed by atoms with Crippen molar-refractivity contribution >= 4 is 39.0 Å². The maximum absolute atomic E-state index is 13.1. The summed E-state index contributed by atoms with van der Waals surface area (Å²) in [5.41, 5.74) is 13.4. The topological polar surface area (TPSA) is 122 Å². The highest BCUT2D eigenvalue weighted by Gasteiger charge is 2.27. The second-order valence-corrected chi connectivity index (χ2v) is 7.57. The van der Waals surface area contributed by atoms with Gasteiger partial charge < -0.3 is 20.8 Å². The first-order valence-corrected chi connectivity index (χ1v) is 9.68. The average Bonchev–Trinajstić information content (AvgIpc) is 3.20. The highest BCUT2D eigenvalue weighted by Crippen LogP contribution is 2.43. The number of nitrogens with two attached hydrogens (primary N) is 2. The van der Waals surface area contributed by atoms with Gasteiger partial charge in [-0.3, -0.25) is 4.79 Å². The predicted octanol–water partition coefficient (Wildman–Crippen LogP) is 3.61. The van der Waals surface area contributed by atoms with Gasteiger partial charge in [-0.2, -0.15) is 5.26 Å². The van der Waals surface area contributed by atoms with Crippen LogP contribution >= 0.6 is 11.3 Å². The Hall–Kier alpha value is -3.05. The molecule has 8 heteroatoms. The van der Waals surface area contributed by atoms with E-state index in [1.165, 1.54) is 17.6 Å². The smallest absolute Gasteiger partial charge is 0.266 e. The fourth-order valence-corrected chi connectivity index (χ4v) is 4.61. The lowest BCUT2D eigenvalue weighted by atomic mass is 10.0. The van der Waals surface area contributed by atoms with Crippen molar-refractivity contribution in [3.63, 3.8) is 0 Å². The Labute approximate surface area is 160 Å². The maximum Gasteiger partial charge on any atom is 0.266 e. The molecule has 4 N–H and O–H groups in total. The van der Waals surface area contributed by atoms with Gasteiger partial charge in [-0.25, -0.2) is 4.98 Å². The van der Waals surface area contributed by atoms with E-state index in [2.05, 4.69) is 11.1 Å². The number of rotatable bonds is 2. The fraction of sp³-hybridized carbons (Fsp3) is 0.316. The molecule has 0 atom stereocenters. The Kier molecular flexibility index (Phi) is 4.46. The molecule has 0 bridgehead atoms. The predicted molar refractivity (Wildman–Crippen MR) is 105 cm³/mol. The Morgan fingerprint density at radius 2 is 2.00 bits per heavy atom. The zero-order valence-electron chi connectivity index (χ0n) is 14.7. The lowest BCUT2D eigenvalue weighted by Gasteiger charge is -2.19. The number of likely N-dealkylation sites (tertiary alicyclic amines) is 1. The third kappa shape index (κ3) is 2.90. The first-order chi connectivity index (χ1) is 13.1. The number of furan rings is 1. The van der Waals surface area contributed by atoms with Gasteiger partial charge in [0, 0.05) is 18.5 Å². The Morgan fingerprint density at radius 1 is 1.26 bits per heavy atom. The third-order valence-electron chi connectivity index (χ3n) is 4.87. The molecular weight excluding hydrogens is 362 g/mol. The molecule has 1 aliphatic heterocycles. The average molecular weight is 381 g/mol. The van der Waals surface area contributed by atoms with Crippen molar-refractivity contribution in [3.05, 3.63) is 28.8 Å². The van der Waals surface area contributed by atoms with Crippen molar-refractivity contribution in [3.8, 4) is 17.4 Å². The van der Waals surface area contributed by atoms with Gasteiger partial charge >= 0.3 is 0 Å². The molecule has 3 aromatic heterocycles. The minimum Gasteiger partial charge on any atom is -0.464 e. The van der Waals surface area contributed by atoms with E-state index in [0.29, 0.717) is 32.1 Å². The van der Waals surface area contributed by atoms with Crippen molar-refractivity contribution in [2.75, 3.05) is 24.6 Å². The van der Waals surface area contributed by atoms with Crippen molar-refractivity contribution in [1.29, 1.82) is 5.26 Å². The van der Waals surface area contributed by atoms with Gasteiger partial charge in [0.05, 0.1) is 17.5 Å². The molecule has 1 saturated heterocycles. The molecule has 0 aromatic carbocycles. The van der Waals surface area contributed by atoms with Crippen molar-refractivity contribution in [2.45, 2.75) is 25.7 Å². The maximum atomic E-state index is 13.1. The third-order valence-corrected chi connectivity index (χ3v) is 5.96. The van der Waals surface area contributed by atoms with Crippen LogP contribution in [0.2, 0.25) is 0 Å². The van der Waals surface area contributed by atoms with Crippen LogP contribution in [0.3, 0.4) is 0 Å². The molecule has 27 heavy (non-hydrogen) atoms. The van der Waals surface area contributed by atoms with Crippen molar-refractivity contribution in [2.24, 2.45) is 0 Å².